The maximum Gasteiger partial charge on any atom is 0.371 e. The Bertz CT molecular complexity index is 757. The summed E-state index contributed by atoms with van der Waals surface area (Å²) in [6.45, 7) is 0. The van der Waals surface area contributed by atoms with Crippen LogP contribution < -0.4 is 5.73 Å². The average Bonchev–Trinajstić information content (AvgIpc) is 2.82. The number of benzene rings is 2. The Morgan fingerprint density at radius 1 is 1.00 bits per heavy atom. The molecule has 19 heavy (non-hydrogen) atoms. The Morgan fingerprint density at radius 3 is 2.37 bits per heavy atom. The van der Waals surface area contributed by atoms with Gasteiger partial charge in [-0.3, -0.25) is 0 Å². The molecule has 0 aliphatic heterocycles. The number of carbonyl (C=O) groups is 1. The molecule has 0 amide bonds. The molecule has 94 valence electrons. The summed E-state index contributed by atoms with van der Waals surface area (Å²) in [5, 5.41) is 9.67. The molecule has 0 saturated heterocycles. The van der Waals surface area contributed by atoms with Crippen molar-refractivity contribution in [3.8, 4) is 11.1 Å². The van der Waals surface area contributed by atoms with Gasteiger partial charge in [0.25, 0.3) is 0 Å². The van der Waals surface area contributed by atoms with Gasteiger partial charge in [0.05, 0.1) is 0 Å². The van der Waals surface area contributed by atoms with Crippen LogP contribution in [0.25, 0.3) is 22.1 Å². The van der Waals surface area contributed by atoms with Crippen molar-refractivity contribution in [3.63, 3.8) is 0 Å². The molecule has 3 aromatic rings. The molecule has 1 aromatic heterocycles. The van der Waals surface area contributed by atoms with Crippen LogP contribution >= 0.6 is 0 Å². The van der Waals surface area contributed by atoms with E-state index in [1.165, 1.54) is 6.07 Å². The van der Waals surface area contributed by atoms with Crippen molar-refractivity contribution >= 4 is 22.6 Å². The summed E-state index contributed by atoms with van der Waals surface area (Å²) in [4.78, 5) is 10.9. The zero-order valence-electron chi connectivity index (χ0n) is 9.96. The van der Waals surface area contributed by atoms with Gasteiger partial charge in [-0.2, -0.15) is 0 Å². The highest BCUT2D eigenvalue weighted by atomic mass is 16.4. The topological polar surface area (TPSA) is 76.5 Å². The fourth-order valence-corrected chi connectivity index (χ4v) is 2.00. The van der Waals surface area contributed by atoms with Gasteiger partial charge in [0.15, 0.2) is 0 Å². The second kappa shape index (κ2) is 4.17. The minimum absolute atomic E-state index is 0.0514. The van der Waals surface area contributed by atoms with Crippen molar-refractivity contribution < 1.29 is 14.3 Å². The molecule has 4 nitrogen and oxygen atoms in total. The summed E-state index contributed by atoms with van der Waals surface area (Å²) in [7, 11) is 0. The largest absolute Gasteiger partial charge is 0.475 e. The van der Waals surface area contributed by atoms with Crippen molar-refractivity contribution in [1.82, 2.24) is 0 Å². The Balaban J connectivity index is 2.10. The highest BCUT2D eigenvalue weighted by molar-refractivity contribution is 5.93. The van der Waals surface area contributed by atoms with Gasteiger partial charge in [0, 0.05) is 11.1 Å². The number of hydrogen-bond acceptors (Lipinski definition) is 3. The number of fused-ring (bicyclic) bond motifs is 1. The lowest BCUT2D eigenvalue weighted by Crippen LogP contribution is -1.91. The smallest absolute Gasteiger partial charge is 0.371 e. The van der Waals surface area contributed by atoms with Crippen LogP contribution in [0.1, 0.15) is 10.6 Å². The van der Waals surface area contributed by atoms with E-state index in [1.54, 1.807) is 6.07 Å². The van der Waals surface area contributed by atoms with Gasteiger partial charge in [-0.1, -0.05) is 18.2 Å². The number of carboxylic acid groups (broad SMARTS) is 1. The van der Waals surface area contributed by atoms with E-state index in [0.29, 0.717) is 11.3 Å². The maximum absolute atomic E-state index is 10.9. The second-order valence-corrected chi connectivity index (χ2v) is 4.29. The third-order valence-electron chi connectivity index (χ3n) is 2.97. The Kier molecular flexibility index (Phi) is 2.49. The van der Waals surface area contributed by atoms with Gasteiger partial charge in [-0.15, -0.1) is 0 Å². The van der Waals surface area contributed by atoms with Gasteiger partial charge in [-0.25, -0.2) is 4.79 Å². The molecular weight excluding hydrogens is 242 g/mol. The number of nitrogens with two attached hydrogens (primary N) is 1. The van der Waals surface area contributed by atoms with Crippen LogP contribution in [0.3, 0.4) is 0 Å². The Morgan fingerprint density at radius 2 is 1.68 bits per heavy atom. The number of anilines is 1. The van der Waals surface area contributed by atoms with E-state index in [4.69, 9.17) is 15.3 Å². The molecule has 0 unspecified atom stereocenters. The van der Waals surface area contributed by atoms with Crippen molar-refractivity contribution in [3.05, 3.63) is 54.3 Å². The van der Waals surface area contributed by atoms with Gasteiger partial charge < -0.3 is 15.3 Å². The first-order valence-corrected chi connectivity index (χ1v) is 5.76. The SMILES string of the molecule is Nc1ccc(-c2ccc3oc(C(=O)O)cc3c2)cc1. The van der Waals surface area contributed by atoms with Crippen LogP contribution in [0.15, 0.2) is 52.9 Å². The van der Waals surface area contributed by atoms with Gasteiger partial charge in [-0.05, 0) is 41.5 Å². The van der Waals surface area contributed by atoms with Crippen molar-refractivity contribution in [2.24, 2.45) is 0 Å². The van der Waals surface area contributed by atoms with E-state index in [2.05, 4.69) is 0 Å². The first-order chi connectivity index (χ1) is 9.13. The van der Waals surface area contributed by atoms with Gasteiger partial charge >= 0.3 is 5.97 Å². The monoisotopic (exact) mass is 253 g/mol. The molecule has 0 atom stereocenters. The summed E-state index contributed by atoms with van der Waals surface area (Å²) < 4.78 is 5.22. The fraction of sp³-hybridized carbons (Fsp3) is 0. The van der Waals surface area contributed by atoms with E-state index in [-0.39, 0.29) is 5.76 Å². The molecule has 0 aliphatic rings. The molecule has 3 N–H and O–H groups in total. The number of hydrogen-bond donors (Lipinski definition) is 2. The third kappa shape index (κ3) is 2.04. The highest BCUT2D eigenvalue weighted by Gasteiger charge is 2.10. The minimum Gasteiger partial charge on any atom is -0.475 e. The molecule has 0 radical (unpaired) electrons. The van der Waals surface area contributed by atoms with Crippen LogP contribution in [-0.4, -0.2) is 11.1 Å². The van der Waals surface area contributed by atoms with E-state index < -0.39 is 5.97 Å². The third-order valence-corrected chi connectivity index (χ3v) is 2.97. The van der Waals surface area contributed by atoms with E-state index in [9.17, 15) is 4.79 Å². The van der Waals surface area contributed by atoms with Crippen molar-refractivity contribution in [2.45, 2.75) is 0 Å². The van der Waals surface area contributed by atoms with Gasteiger partial charge in [0.2, 0.25) is 5.76 Å². The summed E-state index contributed by atoms with van der Waals surface area (Å²) >= 11 is 0. The summed E-state index contributed by atoms with van der Waals surface area (Å²) in [6.07, 6.45) is 0. The van der Waals surface area contributed by atoms with Crippen LogP contribution in [0.5, 0.6) is 0 Å². The van der Waals surface area contributed by atoms with E-state index in [0.717, 1.165) is 16.5 Å². The van der Waals surface area contributed by atoms with E-state index in [1.807, 2.05) is 36.4 Å². The van der Waals surface area contributed by atoms with Gasteiger partial charge in [0.1, 0.15) is 5.58 Å². The minimum atomic E-state index is -1.06. The molecular formula is C15H11NO3. The quantitative estimate of drug-likeness (QED) is 0.686. The second-order valence-electron chi connectivity index (χ2n) is 4.29. The lowest BCUT2D eigenvalue weighted by atomic mass is 10.0. The first kappa shape index (κ1) is 11.3. The molecule has 3 rings (SSSR count). The van der Waals surface area contributed by atoms with Crippen LogP contribution in [0.4, 0.5) is 5.69 Å². The molecule has 2 aromatic carbocycles. The molecule has 0 fully saturated rings. The number of furan rings is 1. The summed E-state index contributed by atoms with van der Waals surface area (Å²) in [5.41, 5.74) is 8.94. The van der Waals surface area contributed by atoms with Crippen molar-refractivity contribution in [1.29, 1.82) is 0 Å². The normalized spacial score (nSPS) is 10.7. The Labute approximate surface area is 109 Å². The number of rotatable bonds is 2. The predicted octanol–water partition coefficient (Wildman–Crippen LogP) is 3.38. The zero-order valence-corrected chi connectivity index (χ0v) is 9.96. The number of aromatic carboxylic acids is 1. The molecule has 0 bridgehead atoms. The summed E-state index contributed by atoms with van der Waals surface area (Å²) in [6, 6.07) is 14.6. The van der Waals surface area contributed by atoms with Crippen molar-refractivity contribution in [2.75, 3.05) is 5.73 Å². The van der Waals surface area contributed by atoms with Crippen LogP contribution in [0.2, 0.25) is 0 Å². The molecule has 0 spiro atoms. The molecule has 4 heteroatoms. The lowest BCUT2D eigenvalue weighted by molar-refractivity contribution is 0.0665. The standard InChI is InChI=1S/C15H11NO3/c16-12-4-1-9(2-5-12)10-3-6-13-11(7-10)8-14(19-13)15(17)18/h1-8H,16H2,(H,17,18). The number of carboxylic acids is 1. The summed E-state index contributed by atoms with van der Waals surface area (Å²) in [5.74, 6) is -1.12. The Hall–Kier alpha value is -2.75. The lowest BCUT2D eigenvalue weighted by Gasteiger charge is -2.02. The van der Waals surface area contributed by atoms with Crippen LogP contribution in [0, 0.1) is 0 Å². The predicted molar refractivity (Wildman–Crippen MR) is 73.0 cm³/mol. The molecule has 1 heterocycles. The maximum atomic E-state index is 10.9. The number of nitrogen functional groups attached to an aromatic ring is 1. The van der Waals surface area contributed by atoms with Crippen LogP contribution in [-0.2, 0) is 0 Å². The molecule has 0 aliphatic carbocycles. The first-order valence-electron chi connectivity index (χ1n) is 5.76. The average molecular weight is 253 g/mol. The highest BCUT2D eigenvalue weighted by Crippen LogP contribution is 2.27. The molecule has 0 saturated carbocycles. The van der Waals surface area contributed by atoms with E-state index >= 15 is 0 Å². The fourth-order valence-electron chi connectivity index (χ4n) is 2.00. The zero-order chi connectivity index (χ0) is 13.4.